The van der Waals surface area contributed by atoms with E-state index < -0.39 is 0 Å². The van der Waals surface area contributed by atoms with Gasteiger partial charge in [0.05, 0.1) is 11.8 Å². The summed E-state index contributed by atoms with van der Waals surface area (Å²) in [4.78, 5) is 38.1. The fourth-order valence-corrected chi connectivity index (χ4v) is 3.50. The van der Waals surface area contributed by atoms with Crippen molar-refractivity contribution in [2.24, 2.45) is 11.8 Å². The molecule has 0 saturated carbocycles. The average molecular weight is 340 g/mol. The van der Waals surface area contributed by atoms with Gasteiger partial charge < -0.3 is 5.32 Å². The lowest BCUT2D eigenvalue weighted by Gasteiger charge is -2.15. The molecule has 2 aliphatic rings. The number of nitrogens with zero attached hydrogens (tertiary/aromatic N) is 1. The van der Waals surface area contributed by atoms with Crippen molar-refractivity contribution in [3.05, 3.63) is 42.0 Å². The largest absolute Gasteiger partial charge is 0.325 e. The van der Waals surface area contributed by atoms with E-state index in [0.717, 1.165) is 11.3 Å². The maximum absolute atomic E-state index is 12.4. The van der Waals surface area contributed by atoms with Crippen molar-refractivity contribution in [3.63, 3.8) is 0 Å². The number of fused-ring (bicyclic) bond motifs is 1. The van der Waals surface area contributed by atoms with Crippen LogP contribution >= 0.6 is 0 Å². The second-order valence-corrected chi connectivity index (χ2v) is 6.90. The summed E-state index contributed by atoms with van der Waals surface area (Å²) < 4.78 is 0. The van der Waals surface area contributed by atoms with E-state index in [-0.39, 0.29) is 36.1 Å². The number of imide groups is 1. The molecule has 0 unspecified atom stereocenters. The molecule has 0 spiro atoms. The molecule has 25 heavy (non-hydrogen) atoms. The topological polar surface area (TPSA) is 66.5 Å². The molecule has 0 aromatic heterocycles. The number of nitrogens with one attached hydrogen (secondary N) is 1. The van der Waals surface area contributed by atoms with E-state index in [1.807, 2.05) is 36.4 Å². The first-order valence-corrected chi connectivity index (χ1v) is 8.91. The molecule has 0 radical (unpaired) electrons. The van der Waals surface area contributed by atoms with Crippen molar-refractivity contribution < 1.29 is 14.4 Å². The summed E-state index contributed by atoms with van der Waals surface area (Å²) in [5.41, 5.74) is 1.90. The first kappa shape index (κ1) is 17.4. The van der Waals surface area contributed by atoms with Gasteiger partial charge in [-0.25, -0.2) is 0 Å². The van der Waals surface area contributed by atoms with Crippen LogP contribution in [0.25, 0.3) is 0 Å². The number of hydrogen-bond donors (Lipinski definition) is 1. The van der Waals surface area contributed by atoms with Crippen molar-refractivity contribution in [3.8, 4) is 0 Å². The summed E-state index contributed by atoms with van der Waals surface area (Å²) >= 11 is 0. The summed E-state index contributed by atoms with van der Waals surface area (Å²) in [5, 5.41) is 2.77. The molecule has 5 heteroatoms. The van der Waals surface area contributed by atoms with Crippen LogP contribution < -0.4 is 5.32 Å². The average Bonchev–Trinajstić information content (AvgIpc) is 2.87. The lowest BCUT2D eigenvalue weighted by Crippen LogP contribution is -2.38. The predicted octanol–water partition coefficient (Wildman–Crippen LogP) is 3.09. The third-order valence-electron chi connectivity index (χ3n) is 5.28. The number of carbonyl (C=O) groups is 3. The minimum Gasteiger partial charge on any atom is -0.325 e. The third kappa shape index (κ3) is 3.50. The first-order chi connectivity index (χ1) is 12.0. The van der Waals surface area contributed by atoms with E-state index in [4.69, 9.17) is 0 Å². The van der Waals surface area contributed by atoms with Gasteiger partial charge in [0.1, 0.15) is 6.54 Å². The predicted molar refractivity (Wildman–Crippen MR) is 95.9 cm³/mol. The number of allylic oxidation sites excluding steroid dienone is 2. The van der Waals surface area contributed by atoms with Gasteiger partial charge in [-0.05, 0) is 42.9 Å². The zero-order valence-corrected chi connectivity index (χ0v) is 14.7. The number of rotatable bonds is 5. The van der Waals surface area contributed by atoms with Gasteiger partial charge in [-0.2, -0.15) is 0 Å². The van der Waals surface area contributed by atoms with Crippen LogP contribution in [0.5, 0.6) is 0 Å². The number of anilines is 1. The normalized spacial score (nSPS) is 23.5. The Bertz CT molecular complexity index is 682. The number of likely N-dealkylation sites (tertiary alicyclic amines) is 1. The highest BCUT2D eigenvalue weighted by Crippen LogP contribution is 2.34. The molecule has 0 bridgehead atoms. The molecule has 1 saturated heterocycles. The monoisotopic (exact) mass is 340 g/mol. The first-order valence-electron chi connectivity index (χ1n) is 8.91. The molecule has 5 nitrogen and oxygen atoms in total. The Labute approximate surface area is 148 Å². The molecule has 3 rings (SSSR count). The molecule has 1 fully saturated rings. The molecule has 3 atom stereocenters. The highest BCUT2D eigenvalue weighted by atomic mass is 16.2. The van der Waals surface area contributed by atoms with Crippen LogP contribution in [0, 0.1) is 11.8 Å². The summed E-state index contributed by atoms with van der Waals surface area (Å²) in [6.07, 6.45) is 6.11. The van der Waals surface area contributed by atoms with E-state index in [9.17, 15) is 14.4 Å². The van der Waals surface area contributed by atoms with Crippen molar-refractivity contribution in [2.75, 3.05) is 11.9 Å². The molecular weight excluding hydrogens is 316 g/mol. The molecule has 132 valence electrons. The SMILES string of the molecule is CC[C@H](C)c1ccc(NC(=O)CN2C(=O)[C@H]3CC=CC[C@@H]3C2=O)cc1. The number of amides is 3. The van der Waals surface area contributed by atoms with Crippen molar-refractivity contribution in [1.29, 1.82) is 0 Å². The summed E-state index contributed by atoms with van der Waals surface area (Å²) in [6.45, 7) is 4.09. The second-order valence-electron chi connectivity index (χ2n) is 6.90. The molecule has 1 aliphatic carbocycles. The van der Waals surface area contributed by atoms with E-state index in [0.29, 0.717) is 24.4 Å². The zero-order valence-electron chi connectivity index (χ0n) is 14.7. The third-order valence-corrected chi connectivity index (χ3v) is 5.28. The molecule has 1 N–H and O–H groups in total. The fraction of sp³-hybridized carbons (Fsp3) is 0.450. The molecule has 1 heterocycles. The summed E-state index contributed by atoms with van der Waals surface area (Å²) in [7, 11) is 0. The van der Waals surface area contributed by atoms with Gasteiger partial charge in [0.25, 0.3) is 0 Å². The zero-order chi connectivity index (χ0) is 18.0. The Morgan fingerprint density at radius 2 is 1.68 bits per heavy atom. The van der Waals surface area contributed by atoms with Gasteiger partial charge >= 0.3 is 0 Å². The van der Waals surface area contributed by atoms with Gasteiger partial charge in [-0.1, -0.05) is 38.1 Å². The van der Waals surface area contributed by atoms with Gasteiger partial charge in [0.2, 0.25) is 17.7 Å². The minimum absolute atomic E-state index is 0.211. The molecule has 1 aromatic carbocycles. The maximum Gasteiger partial charge on any atom is 0.244 e. The van der Waals surface area contributed by atoms with Crippen molar-refractivity contribution in [2.45, 2.75) is 39.0 Å². The summed E-state index contributed by atoms with van der Waals surface area (Å²) in [5.74, 6) is -0.894. The van der Waals surface area contributed by atoms with Crippen LogP contribution in [0.3, 0.4) is 0 Å². The second kappa shape index (κ2) is 7.21. The molecule has 1 aliphatic heterocycles. The van der Waals surface area contributed by atoms with Crippen molar-refractivity contribution >= 4 is 23.4 Å². The standard InChI is InChI=1S/C20H24N2O3/c1-3-13(2)14-8-10-15(11-9-14)21-18(23)12-22-19(24)16-6-4-5-7-17(16)20(22)25/h4-5,8-11,13,16-17H,3,6-7,12H2,1-2H3,(H,21,23)/t13-,16-,17-/m0/s1. The van der Waals surface area contributed by atoms with E-state index in [1.165, 1.54) is 5.56 Å². The quantitative estimate of drug-likeness (QED) is 0.662. The highest BCUT2D eigenvalue weighted by Gasteiger charge is 2.47. The lowest BCUT2D eigenvalue weighted by molar-refractivity contribution is -0.142. The smallest absolute Gasteiger partial charge is 0.244 e. The number of hydrogen-bond acceptors (Lipinski definition) is 3. The number of carbonyl (C=O) groups excluding carboxylic acids is 3. The summed E-state index contributed by atoms with van der Waals surface area (Å²) in [6, 6.07) is 7.71. The Balaban J connectivity index is 1.61. The molecular formula is C20H24N2O3. The van der Waals surface area contributed by atoms with E-state index in [2.05, 4.69) is 19.2 Å². The lowest BCUT2D eigenvalue weighted by atomic mass is 9.85. The van der Waals surface area contributed by atoms with Gasteiger partial charge in [-0.15, -0.1) is 0 Å². The Kier molecular flexibility index (Phi) is 5.02. The molecule has 1 aromatic rings. The van der Waals surface area contributed by atoms with E-state index in [1.54, 1.807) is 0 Å². The fourth-order valence-electron chi connectivity index (χ4n) is 3.50. The Hall–Kier alpha value is -2.43. The van der Waals surface area contributed by atoms with Gasteiger partial charge in [0.15, 0.2) is 0 Å². The Morgan fingerprint density at radius 1 is 1.12 bits per heavy atom. The van der Waals surface area contributed by atoms with Gasteiger partial charge in [-0.3, -0.25) is 19.3 Å². The van der Waals surface area contributed by atoms with Crippen LogP contribution in [0.2, 0.25) is 0 Å². The van der Waals surface area contributed by atoms with Crippen LogP contribution in [-0.4, -0.2) is 29.2 Å². The Morgan fingerprint density at radius 3 is 2.20 bits per heavy atom. The van der Waals surface area contributed by atoms with Crippen LogP contribution in [0.15, 0.2) is 36.4 Å². The van der Waals surface area contributed by atoms with Crippen molar-refractivity contribution in [1.82, 2.24) is 4.90 Å². The van der Waals surface area contributed by atoms with E-state index >= 15 is 0 Å². The van der Waals surface area contributed by atoms with Crippen LogP contribution in [-0.2, 0) is 14.4 Å². The highest BCUT2D eigenvalue weighted by molar-refractivity contribution is 6.08. The van der Waals surface area contributed by atoms with Gasteiger partial charge in [0, 0.05) is 5.69 Å². The van der Waals surface area contributed by atoms with Crippen LogP contribution in [0.4, 0.5) is 5.69 Å². The number of benzene rings is 1. The van der Waals surface area contributed by atoms with Crippen LogP contribution in [0.1, 0.15) is 44.6 Å². The maximum atomic E-state index is 12.4. The molecule has 3 amide bonds. The minimum atomic E-state index is -0.343.